The van der Waals surface area contributed by atoms with Crippen molar-refractivity contribution in [3.63, 3.8) is 0 Å². The van der Waals surface area contributed by atoms with Crippen LogP contribution in [-0.4, -0.2) is 32.8 Å². The maximum atomic E-state index is 12.9. The molecular weight excluding hydrogens is 446 g/mol. The van der Waals surface area contributed by atoms with Crippen molar-refractivity contribution in [2.24, 2.45) is 0 Å². The predicted octanol–water partition coefficient (Wildman–Crippen LogP) is 3.29. The third-order valence-corrected chi connectivity index (χ3v) is 5.72. The first-order valence-corrected chi connectivity index (χ1v) is 11.5. The SMILES string of the molecule is CCCCCn1nc(C(=O)NNC(=O)c2cc(SC)ccc2[N+](=O)[O-])c2ccccc2c1=O. The number of carbonyl (C=O) groups is 2. The minimum Gasteiger partial charge on any atom is -0.267 e. The van der Waals surface area contributed by atoms with E-state index in [-0.39, 0.29) is 22.5 Å². The number of rotatable bonds is 8. The number of hydrogen-bond donors (Lipinski definition) is 2. The van der Waals surface area contributed by atoms with Crippen LogP contribution in [0.4, 0.5) is 5.69 Å². The zero-order valence-electron chi connectivity index (χ0n) is 18.2. The Morgan fingerprint density at radius 2 is 1.79 bits per heavy atom. The largest absolute Gasteiger partial charge is 0.290 e. The summed E-state index contributed by atoms with van der Waals surface area (Å²) in [6.45, 7) is 2.40. The minimum atomic E-state index is -0.841. The average Bonchev–Trinajstić information content (AvgIpc) is 2.83. The predicted molar refractivity (Wildman–Crippen MR) is 125 cm³/mol. The number of fused-ring (bicyclic) bond motifs is 1. The normalized spacial score (nSPS) is 10.7. The van der Waals surface area contributed by atoms with Gasteiger partial charge in [-0.3, -0.25) is 35.3 Å². The zero-order chi connectivity index (χ0) is 24.0. The van der Waals surface area contributed by atoms with E-state index in [1.165, 1.54) is 34.6 Å². The molecule has 0 fully saturated rings. The van der Waals surface area contributed by atoms with Crippen molar-refractivity contribution in [3.05, 3.63) is 74.2 Å². The van der Waals surface area contributed by atoms with Crippen molar-refractivity contribution in [1.82, 2.24) is 20.6 Å². The maximum absolute atomic E-state index is 12.9. The lowest BCUT2D eigenvalue weighted by molar-refractivity contribution is -0.385. The molecule has 0 saturated heterocycles. The van der Waals surface area contributed by atoms with Gasteiger partial charge in [0.05, 0.1) is 10.3 Å². The van der Waals surface area contributed by atoms with E-state index >= 15 is 0 Å². The number of aromatic nitrogens is 2. The zero-order valence-corrected chi connectivity index (χ0v) is 19.0. The smallest absolute Gasteiger partial charge is 0.267 e. The molecule has 0 aliphatic rings. The summed E-state index contributed by atoms with van der Waals surface area (Å²) in [5.74, 6) is -1.58. The Morgan fingerprint density at radius 1 is 1.09 bits per heavy atom. The van der Waals surface area contributed by atoms with E-state index in [9.17, 15) is 24.5 Å². The molecule has 0 unspecified atom stereocenters. The van der Waals surface area contributed by atoms with Gasteiger partial charge in [-0.25, -0.2) is 4.68 Å². The molecule has 1 aromatic heterocycles. The molecule has 3 aromatic rings. The number of carbonyl (C=O) groups excluding carboxylic acids is 2. The fourth-order valence-corrected chi connectivity index (χ4v) is 3.73. The fourth-order valence-electron chi connectivity index (χ4n) is 3.29. The van der Waals surface area contributed by atoms with Crippen LogP contribution in [0.1, 0.15) is 47.0 Å². The Balaban J connectivity index is 1.88. The fraction of sp³-hybridized carbons (Fsp3) is 0.273. The maximum Gasteiger partial charge on any atom is 0.290 e. The highest BCUT2D eigenvalue weighted by molar-refractivity contribution is 7.98. The highest BCUT2D eigenvalue weighted by atomic mass is 32.2. The molecule has 172 valence electrons. The second kappa shape index (κ2) is 10.7. The number of hydrazine groups is 1. The van der Waals surface area contributed by atoms with Crippen LogP contribution >= 0.6 is 11.8 Å². The van der Waals surface area contributed by atoms with Crippen molar-refractivity contribution in [2.75, 3.05) is 6.26 Å². The Morgan fingerprint density at radius 3 is 2.45 bits per heavy atom. The van der Waals surface area contributed by atoms with Gasteiger partial charge in [-0.05, 0) is 30.9 Å². The minimum absolute atomic E-state index is 0.0330. The van der Waals surface area contributed by atoms with Gasteiger partial charge in [0.1, 0.15) is 5.56 Å². The molecule has 0 bridgehead atoms. The van der Waals surface area contributed by atoms with Crippen LogP contribution < -0.4 is 16.4 Å². The summed E-state index contributed by atoms with van der Waals surface area (Å²) in [6, 6.07) is 10.7. The summed E-state index contributed by atoms with van der Waals surface area (Å²) >= 11 is 1.32. The van der Waals surface area contributed by atoms with Crippen LogP contribution in [0.5, 0.6) is 0 Å². The van der Waals surface area contributed by atoms with Gasteiger partial charge in [0.25, 0.3) is 23.1 Å². The van der Waals surface area contributed by atoms with Gasteiger partial charge in [-0.15, -0.1) is 11.8 Å². The standard InChI is InChI=1S/C22H23N5O5S/c1-3-4-7-12-26-22(30)16-9-6-5-8-15(16)19(25-26)21(29)24-23-20(28)17-13-14(33-2)10-11-18(17)27(31)32/h5-6,8-11,13H,3-4,7,12H2,1-2H3,(H,23,28)(H,24,29). The third kappa shape index (κ3) is 5.37. The lowest BCUT2D eigenvalue weighted by atomic mass is 10.1. The van der Waals surface area contributed by atoms with Crippen molar-refractivity contribution >= 4 is 40.0 Å². The molecule has 0 spiro atoms. The summed E-state index contributed by atoms with van der Waals surface area (Å²) in [4.78, 5) is 49.5. The lowest BCUT2D eigenvalue weighted by Gasteiger charge is -2.12. The number of aryl methyl sites for hydroxylation is 1. The van der Waals surface area contributed by atoms with E-state index in [1.807, 2.05) is 6.92 Å². The van der Waals surface area contributed by atoms with E-state index in [1.54, 1.807) is 30.5 Å². The van der Waals surface area contributed by atoms with Gasteiger partial charge in [0, 0.05) is 22.9 Å². The third-order valence-electron chi connectivity index (χ3n) is 4.99. The van der Waals surface area contributed by atoms with Crippen LogP contribution in [0, 0.1) is 10.1 Å². The number of hydrogen-bond acceptors (Lipinski definition) is 7. The Hall–Kier alpha value is -3.73. The quantitative estimate of drug-likeness (QED) is 0.224. The highest BCUT2D eigenvalue weighted by Gasteiger charge is 2.22. The number of nitrogens with zero attached hydrogens (tertiary/aromatic N) is 3. The number of thioether (sulfide) groups is 1. The van der Waals surface area contributed by atoms with Gasteiger partial charge < -0.3 is 0 Å². The molecule has 0 atom stereocenters. The van der Waals surface area contributed by atoms with Crippen LogP contribution in [-0.2, 0) is 6.54 Å². The van der Waals surface area contributed by atoms with Crippen LogP contribution in [0.15, 0.2) is 52.2 Å². The van der Waals surface area contributed by atoms with Crippen molar-refractivity contribution in [3.8, 4) is 0 Å². The summed E-state index contributed by atoms with van der Waals surface area (Å²) in [6.07, 6.45) is 4.38. The number of unbranched alkanes of at least 4 members (excludes halogenated alkanes) is 2. The van der Waals surface area contributed by atoms with Gasteiger partial charge in [-0.1, -0.05) is 38.0 Å². The molecular formula is C22H23N5O5S. The van der Waals surface area contributed by atoms with E-state index < -0.39 is 16.7 Å². The van der Waals surface area contributed by atoms with E-state index in [0.717, 1.165) is 19.3 Å². The second-order valence-corrected chi connectivity index (χ2v) is 8.06. The molecule has 1 heterocycles. The molecule has 2 amide bonds. The molecule has 0 radical (unpaired) electrons. The van der Waals surface area contributed by atoms with Crippen LogP contribution in [0.2, 0.25) is 0 Å². The Bertz CT molecular complexity index is 1270. The summed E-state index contributed by atoms with van der Waals surface area (Å²) in [7, 11) is 0. The molecule has 33 heavy (non-hydrogen) atoms. The topological polar surface area (TPSA) is 136 Å². The summed E-state index contributed by atoms with van der Waals surface area (Å²) < 4.78 is 1.25. The van der Waals surface area contributed by atoms with E-state index in [4.69, 9.17) is 0 Å². The number of nitro benzene ring substituents is 1. The molecule has 11 heteroatoms. The van der Waals surface area contributed by atoms with Gasteiger partial charge in [-0.2, -0.15) is 5.10 Å². The van der Waals surface area contributed by atoms with Crippen molar-refractivity contribution in [2.45, 2.75) is 37.6 Å². The van der Waals surface area contributed by atoms with Crippen molar-refractivity contribution < 1.29 is 14.5 Å². The number of nitro groups is 1. The van der Waals surface area contributed by atoms with Gasteiger partial charge in [0.2, 0.25) is 0 Å². The summed E-state index contributed by atoms with van der Waals surface area (Å²) in [5, 5.41) is 16.2. The highest BCUT2D eigenvalue weighted by Crippen LogP contribution is 2.24. The van der Waals surface area contributed by atoms with Crippen LogP contribution in [0.3, 0.4) is 0 Å². The summed E-state index contributed by atoms with van der Waals surface area (Å²) in [5.41, 5.74) is 3.58. The monoisotopic (exact) mass is 469 g/mol. The molecule has 0 saturated carbocycles. The van der Waals surface area contributed by atoms with Crippen LogP contribution in [0.25, 0.3) is 10.8 Å². The van der Waals surface area contributed by atoms with Crippen molar-refractivity contribution in [1.29, 1.82) is 0 Å². The number of nitrogens with one attached hydrogen (secondary N) is 2. The first-order valence-electron chi connectivity index (χ1n) is 10.3. The lowest BCUT2D eigenvalue weighted by Crippen LogP contribution is -2.43. The first kappa shape index (κ1) is 23.9. The van der Waals surface area contributed by atoms with Gasteiger partial charge in [0.15, 0.2) is 5.69 Å². The molecule has 2 N–H and O–H groups in total. The molecule has 2 aromatic carbocycles. The van der Waals surface area contributed by atoms with Gasteiger partial charge >= 0.3 is 0 Å². The average molecular weight is 470 g/mol. The first-order chi connectivity index (χ1) is 15.9. The number of benzene rings is 2. The Kier molecular flexibility index (Phi) is 7.78. The molecule has 0 aliphatic carbocycles. The van der Waals surface area contributed by atoms with E-state index in [2.05, 4.69) is 16.0 Å². The number of amides is 2. The molecule has 0 aliphatic heterocycles. The Labute approximate surface area is 193 Å². The van der Waals surface area contributed by atoms with E-state index in [0.29, 0.717) is 22.2 Å². The molecule has 10 nitrogen and oxygen atoms in total. The second-order valence-electron chi connectivity index (χ2n) is 7.18. The molecule has 3 rings (SSSR count).